The average Bonchev–Trinajstić information content (AvgIpc) is 2.66. The number of carboxylic acid groups (broad SMARTS) is 3. The van der Waals surface area contributed by atoms with Crippen LogP contribution >= 0.6 is 0 Å². The number of aliphatic carboxylic acids is 3. The molecular weight excluding hydrogens is 424 g/mol. The highest BCUT2D eigenvalue weighted by molar-refractivity contribution is 6.32. The van der Waals surface area contributed by atoms with E-state index in [4.69, 9.17) is 21.1 Å². The van der Waals surface area contributed by atoms with Crippen molar-refractivity contribution in [2.75, 3.05) is 19.6 Å². The van der Waals surface area contributed by atoms with Crippen molar-refractivity contribution in [1.82, 2.24) is 16.0 Å². The van der Waals surface area contributed by atoms with Gasteiger partial charge in [-0.15, -0.1) is 0 Å². The molecule has 174 valence electrons. The molecule has 0 aliphatic heterocycles. The number of carboxylic acids is 3. The van der Waals surface area contributed by atoms with E-state index in [2.05, 4.69) is 10.6 Å². The monoisotopic (exact) mass is 448 g/mol. The summed E-state index contributed by atoms with van der Waals surface area (Å²) in [6.45, 7) is -0.842. The Kier molecular flexibility index (Phi) is 11.4. The normalized spacial score (nSPS) is 13.2. The molecule has 0 heterocycles. The van der Waals surface area contributed by atoms with Gasteiger partial charge in [-0.3, -0.25) is 24.0 Å². The summed E-state index contributed by atoms with van der Waals surface area (Å²) in [6, 6.07) is -1.44. The molecule has 2 atom stereocenters. The van der Waals surface area contributed by atoms with Gasteiger partial charge in [0.15, 0.2) is 5.60 Å². The molecule has 0 aromatic rings. The highest BCUT2D eigenvalue weighted by Crippen LogP contribution is 2.16. The molecule has 0 aliphatic rings. The van der Waals surface area contributed by atoms with Crippen molar-refractivity contribution in [2.45, 2.75) is 37.3 Å². The van der Waals surface area contributed by atoms with Crippen molar-refractivity contribution >= 4 is 41.4 Å². The number of aliphatic hydroxyl groups is 1. The van der Waals surface area contributed by atoms with Crippen molar-refractivity contribution < 1.29 is 54.0 Å². The van der Waals surface area contributed by atoms with E-state index in [9.17, 15) is 38.7 Å². The quantitative estimate of drug-likeness (QED) is 0.0875. The largest absolute Gasteiger partial charge is 0.480 e. The fraction of sp³-hybridized carbons (Fsp3) is 0.562. The van der Waals surface area contributed by atoms with Gasteiger partial charge in [-0.05, 0) is 0 Å². The molecule has 0 aromatic heterocycles. The van der Waals surface area contributed by atoms with Crippen molar-refractivity contribution in [3.05, 3.63) is 0 Å². The standard InChI is InChI=1S/C16H24N4O11/c17-8(13(25)26)7-20-12(24)6-16(31,15(29)30)5-11(23)19-4-3-18-10(22)2-1-9(21)14(27)28/h8,31H,1-7,17H2,(H,18,22)(H,19,23)(H,20,24)(H,25,26)(H,27,28)(H,29,30). The SMILES string of the molecule is NC(CNC(=O)CC(O)(CC(=O)NCCNC(=O)CCC(=O)C(=O)O)C(=O)O)C(=O)O. The lowest BCUT2D eigenvalue weighted by Crippen LogP contribution is -2.49. The summed E-state index contributed by atoms with van der Waals surface area (Å²) in [5, 5.41) is 42.7. The van der Waals surface area contributed by atoms with Crippen LogP contribution in [-0.4, -0.2) is 93.1 Å². The van der Waals surface area contributed by atoms with Crippen molar-refractivity contribution in [2.24, 2.45) is 5.73 Å². The first-order chi connectivity index (χ1) is 14.3. The molecule has 3 amide bonds. The van der Waals surface area contributed by atoms with E-state index < -0.39 is 78.9 Å². The lowest BCUT2D eigenvalue weighted by atomic mass is 9.94. The maximum Gasteiger partial charge on any atom is 0.372 e. The summed E-state index contributed by atoms with van der Waals surface area (Å²) in [5.74, 6) is -8.73. The lowest BCUT2D eigenvalue weighted by molar-refractivity contribution is -0.164. The molecule has 0 fully saturated rings. The zero-order valence-electron chi connectivity index (χ0n) is 16.3. The Bertz CT molecular complexity index is 739. The summed E-state index contributed by atoms with van der Waals surface area (Å²) >= 11 is 0. The Morgan fingerprint density at radius 2 is 1.26 bits per heavy atom. The summed E-state index contributed by atoms with van der Waals surface area (Å²) in [5.41, 5.74) is 2.40. The predicted molar refractivity (Wildman–Crippen MR) is 98.3 cm³/mol. The molecule has 15 heteroatoms. The van der Waals surface area contributed by atoms with Gasteiger partial charge in [0.05, 0.1) is 12.8 Å². The van der Waals surface area contributed by atoms with E-state index in [1.54, 1.807) is 0 Å². The van der Waals surface area contributed by atoms with Crippen LogP contribution in [0.5, 0.6) is 0 Å². The van der Waals surface area contributed by atoms with Gasteiger partial charge >= 0.3 is 17.9 Å². The third-order valence-electron chi connectivity index (χ3n) is 3.73. The molecule has 0 aromatic carbocycles. The molecule has 0 radical (unpaired) electrons. The van der Waals surface area contributed by atoms with Gasteiger partial charge in [-0.2, -0.15) is 0 Å². The average molecular weight is 448 g/mol. The third kappa shape index (κ3) is 11.2. The second kappa shape index (κ2) is 12.9. The minimum absolute atomic E-state index is 0.134. The smallest absolute Gasteiger partial charge is 0.372 e. The Labute approximate surface area is 175 Å². The number of rotatable bonds is 15. The molecule has 0 rings (SSSR count). The first-order valence-corrected chi connectivity index (χ1v) is 8.79. The second-order valence-electron chi connectivity index (χ2n) is 6.37. The fourth-order valence-corrected chi connectivity index (χ4v) is 2.01. The molecule has 2 unspecified atom stereocenters. The number of hydrogen-bond acceptors (Lipinski definition) is 9. The molecule has 9 N–H and O–H groups in total. The summed E-state index contributed by atoms with van der Waals surface area (Å²) in [4.78, 5) is 78.1. The van der Waals surface area contributed by atoms with Crippen molar-refractivity contribution in [3.8, 4) is 0 Å². The van der Waals surface area contributed by atoms with Gasteiger partial charge < -0.3 is 42.1 Å². The van der Waals surface area contributed by atoms with E-state index in [1.165, 1.54) is 0 Å². The topological polar surface area (TPSA) is 263 Å². The number of carbonyl (C=O) groups is 7. The van der Waals surface area contributed by atoms with E-state index in [0.29, 0.717) is 0 Å². The predicted octanol–water partition coefficient (Wildman–Crippen LogP) is -4.22. The van der Waals surface area contributed by atoms with Gasteiger partial charge in [-0.1, -0.05) is 0 Å². The molecule has 0 saturated carbocycles. The van der Waals surface area contributed by atoms with Crippen LogP contribution < -0.4 is 21.7 Å². The molecule has 15 nitrogen and oxygen atoms in total. The van der Waals surface area contributed by atoms with Gasteiger partial charge in [0, 0.05) is 32.5 Å². The molecule has 0 aliphatic carbocycles. The Balaban J connectivity index is 4.43. The van der Waals surface area contributed by atoms with E-state index in [1.807, 2.05) is 5.32 Å². The fourth-order valence-electron chi connectivity index (χ4n) is 2.01. The van der Waals surface area contributed by atoms with Crippen LogP contribution in [0.4, 0.5) is 0 Å². The number of Topliss-reactive ketones (excluding diaryl/α,β-unsaturated/α-hetero) is 1. The molecule has 31 heavy (non-hydrogen) atoms. The van der Waals surface area contributed by atoms with E-state index in [-0.39, 0.29) is 19.5 Å². The minimum Gasteiger partial charge on any atom is -0.480 e. The maximum absolute atomic E-state index is 11.8. The van der Waals surface area contributed by atoms with Crippen LogP contribution in [0, 0.1) is 0 Å². The van der Waals surface area contributed by atoms with Crippen LogP contribution in [0.15, 0.2) is 0 Å². The lowest BCUT2D eigenvalue weighted by Gasteiger charge is -2.22. The van der Waals surface area contributed by atoms with Crippen molar-refractivity contribution in [1.29, 1.82) is 0 Å². The zero-order valence-corrected chi connectivity index (χ0v) is 16.3. The zero-order chi connectivity index (χ0) is 24.2. The number of carbonyl (C=O) groups excluding carboxylic acids is 4. The van der Waals surface area contributed by atoms with Gasteiger partial charge in [0.2, 0.25) is 23.5 Å². The first-order valence-electron chi connectivity index (χ1n) is 8.79. The third-order valence-corrected chi connectivity index (χ3v) is 3.73. The van der Waals surface area contributed by atoms with Crippen molar-refractivity contribution in [3.63, 3.8) is 0 Å². The maximum atomic E-state index is 11.8. The van der Waals surface area contributed by atoms with Crippen LogP contribution in [0.1, 0.15) is 25.7 Å². The van der Waals surface area contributed by atoms with Crippen LogP contribution in [0.2, 0.25) is 0 Å². The minimum atomic E-state index is -2.78. The van der Waals surface area contributed by atoms with Crippen LogP contribution in [-0.2, 0) is 33.6 Å². The molecule has 0 bridgehead atoms. The Hall–Kier alpha value is -3.59. The summed E-state index contributed by atoms with van der Waals surface area (Å²) in [6.07, 6.45) is -2.94. The van der Waals surface area contributed by atoms with Crippen LogP contribution in [0.25, 0.3) is 0 Å². The van der Waals surface area contributed by atoms with Gasteiger partial charge in [-0.25, -0.2) is 9.59 Å². The Morgan fingerprint density at radius 3 is 1.71 bits per heavy atom. The van der Waals surface area contributed by atoms with E-state index >= 15 is 0 Å². The number of nitrogens with two attached hydrogens (primary N) is 1. The summed E-state index contributed by atoms with van der Waals surface area (Å²) in [7, 11) is 0. The van der Waals surface area contributed by atoms with Gasteiger partial charge in [0.25, 0.3) is 0 Å². The number of amides is 3. The second-order valence-corrected chi connectivity index (χ2v) is 6.37. The highest BCUT2D eigenvalue weighted by atomic mass is 16.4. The number of ketones is 1. The van der Waals surface area contributed by atoms with E-state index in [0.717, 1.165) is 0 Å². The molecule has 0 saturated heterocycles. The highest BCUT2D eigenvalue weighted by Gasteiger charge is 2.40. The molecular formula is C16H24N4O11. The number of hydrogen-bond donors (Lipinski definition) is 8. The van der Waals surface area contributed by atoms with Crippen LogP contribution in [0.3, 0.4) is 0 Å². The summed E-state index contributed by atoms with van der Waals surface area (Å²) < 4.78 is 0. The van der Waals surface area contributed by atoms with Gasteiger partial charge in [0.1, 0.15) is 6.04 Å². The number of nitrogens with one attached hydrogen (secondary N) is 3. The molecule has 0 spiro atoms. The first kappa shape index (κ1) is 27.4. The Morgan fingerprint density at radius 1 is 0.774 bits per heavy atom.